The van der Waals surface area contributed by atoms with E-state index >= 15 is 0 Å². The first-order chi connectivity index (χ1) is 8.56. The van der Waals surface area contributed by atoms with Crippen molar-refractivity contribution in [2.24, 2.45) is 0 Å². The van der Waals surface area contributed by atoms with Crippen LogP contribution in [0.3, 0.4) is 0 Å². The maximum Gasteiger partial charge on any atom is 0.323 e. The van der Waals surface area contributed by atoms with Gasteiger partial charge in [-0.1, -0.05) is 6.07 Å². The second kappa shape index (κ2) is 4.87. The van der Waals surface area contributed by atoms with Crippen molar-refractivity contribution >= 4 is 17.4 Å². The van der Waals surface area contributed by atoms with Gasteiger partial charge in [0.2, 0.25) is 0 Å². The second-order valence-corrected chi connectivity index (χ2v) is 3.90. The second-order valence-electron chi connectivity index (χ2n) is 3.90. The highest BCUT2D eigenvalue weighted by Gasteiger charge is 2.10. The van der Waals surface area contributed by atoms with Crippen molar-refractivity contribution in [3.05, 3.63) is 41.5 Å². The van der Waals surface area contributed by atoms with Crippen LogP contribution in [0.1, 0.15) is 11.4 Å². The molecule has 1 heterocycles. The van der Waals surface area contributed by atoms with Gasteiger partial charge in [-0.25, -0.2) is 9.18 Å². The minimum atomic E-state index is -0.437. The molecule has 0 aliphatic heterocycles. The average molecular weight is 248 g/mol. The first-order valence-electron chi connectivity index (χ1n) is 5.41. The number of benzene rings is 1. The van der Waals surface area contributed by atoms with E-state index in [-0.39, 0.29) is 0 Å². The maximum absolute atomic E-state index is 12.9. The van der Waals surface area contributed by atoms with E-state index < -0.39 is 11.8 Å². The molecule has 2 rings (SSSR count). The summed E-state index contributed by atoms with van der Waals surface area (Å²) in [6.45, 7) is 3.58. The highest BCUT2D eigenvalue weighted by Crippen LogP contribution is 2.16. The van der Waals surface area contributed by atoms with Crippen LogP contribution < -0.4 is 10.6 Å². The molecule has 1 aromatic heterocycles. The van der Waals surface area contributed by atoms with Crippen molar-refractivity contribution in [3.63, 3.8) is 0 Å². The molecule has 0 fully saturated rings. The van der Waals surface area contributed by atoms with Crippen LogP contribution in [0.5, 0.6) is 0 Å². The Morgan fingerprint density at radius 3 is 2.72 bits per heavy atom. The summed E-state index contributed by atoms with van der Waals surface area (Å²) in [7, 11) is 0. The van der Waals surface area contributed by atoms with E-state index in [0.29, 0.717) is 17.1 Å². The number of amides is 2. The molecule has 0 spiro atoms. The third-order valence-corrected chi connectivity index (χ3v) is 2.45. The number of anilines is 2. The Bertz CT molecular complexity index is 560. The number of hydrogen-bond donors (Lipinski definition) is 3. The van der Waals surface area contributed by atoms with Gasteiger partial charge in [0.15, 0.2) is 0 Å². The van der Waals surface area contributed by atoms with E-state index in [1.807, 2.05) is 0 Å². The number of aromatic nitrogens is 2. The van der Waals surface area contributed by atoms with E-state index in [1.54, 1.807) is 19.9 Å². The Kier molecular flexibility index (Phi) is 3.27. The Labute approximate surface area is 103 Å². The lowest BCUT2D eigenvalue weighted by Gasteiger charge is -2.07. The number of rotatable bonds is 2. The number of aryl methyl sites for hydroxylation is 2. The number of aromatic amines is 1. The molecule has 3 N–H and O–H groups in total. The van der Waals surface area contributed by atoms with Gasteiger partial charge < -0.3 is 10.6 Å². The summed E-state index contributed by atoms with van der Waals surface area (Å²) in [5, 5.41) is 11.9. The summed E-state index contributed by atoms with van der Waals surface area (Å²) in [5.41, 5.74) is 2.49. The van der Waals surface area contributed by atoms with E-state index in [0.717, 1.165) is 5.69 Å². The van der Waals surface area contributed by atoms with Gasteiger partial charge in [0.05, 0.1) is 17.1 Å². The molecule has 2 amide bonds. The quantitative estimate of drug-likeness (QED) is 0.764. The average Bonchev–Trinajstić information content (AvgIpc) is 2.61. The molecule has 0 saturated heterocycles. The van der Waals surface area contributed by atoms with Gasteiger partial charge in [0.25, 0.3) is 0 Å². The van der Waals surface area contributed by atoms with Crippen LogP contribution in [-0.4, -0.2) is 16.2 Å². The number of nitrogens with zero attached hydrogens (tertiary/aromatic N) is 1. The van der Waals surface area contributed by atoms with Gasteiger partial charge in [0, 0.05) is 5.69 Å². The molecular weight excluding hydrogens is 235 g/mol. The smallest absolute Gasteiger partial charge is 0.308 e. The van der Waals surface area contributed by atoms with Crippen LogP contribution in [0.4, 0.5) is 20.6 Å². The topological polar surface area (TPSA) is 69.8 Å². The van der Waals surface area contributed by atoms with E-state index in [4.69, 9.17) is 0 Å². The monoisotopic (exact) mass is 248 g/mol. The minimum Gasteiger partial charge on any atom is -0.308 e. The molecule has 6 heteroatoms. The third kappa shape index (κ3) is 2.65. The normalized spacial score (nSPS) is 10.2. The summed E-state index contributed by atoms with van der Waals surface area (Å²) in [6, 6.07) is 5.26. The molecule has 0 atom stereocenters. The van der Waals surface area contributed by atoms with Crippen LogP contribution in [-0.2, 0) is 0 Å². The number of urea groups is 1. The van der Waals surface area contributed by atoms with Crippen molar-refractivity contribution in [1.29, 1.82) is 0 Å². The lowest BCUT2D eigenvalue weighted by molar-refractivity contribution is 0.262. The fourth-order valence-electron chi connectivity index (χ4n) is 1.58. The largest absolute Gasteiger partial charge is 0.323 e. The highest BCUT2D eigenvalue weighted by atomic mass is 19.1. The van der Waals surface area contributed by atoms with Crippen molar-refractivity contribution in [2.75, 3.05) is 10.6 Å². The predicted octanol–water partition coefficient (Wildman–Crippen LogP) is 2.81. The zero-order chi connectivity index (χ0) is 13.1. The molecule has 94 valence electrons. The minimum absolute atomic E-state index is 0.395. The van der Waals surface area contributed by atoms with E-state index in [9.17, 15) is 9.18 Å². The van der Waals surface area contributed by atoms with Crippen molar-refractivity contribution in [2.45, 2.75) is 13.8 Å². The van der Waals surface area contributed by atoms with Crippen molar-refractivity contribution < 1.29 is 9.18 Å². The summed E-state index contributed by atoms with van der Waals surface area (Å²) in [4.78, 5) is 11.7. The van der Waals surface area contributed by atoms with Crippen molar-refractivity contribution in [1.82, 2.24) is 10.2 Å². The van der Waals surface area contributed by atoms with Crippen LogP contribution in [0, 0.1) is 19.7 Å². The van der Waals surface area contributed by atoms with Crippen LogP contribution in [0.15, 0.2) is 24.3 Å². The molecule has 0 unspecified atom stereocenters. The SMILES string of the molecule is Cc1n[nH]c(C)c1NC(=O)Nc1cccc(F)c1. The molecular formula is C12H13FN4O. The first-order valence-corrected chi connectivity index (χ1v) is 5.41. The molecule has 18 heavy (non-hydrogen) atoms. The number of nitrogens with one attached hydrogen (secondary N) is 3. The first kappa shape index (κ1) is 12.1. The Balaban J connectivity index is 2.06. The van der Waals surface area contributed by atoms with Gasteiger partial charge in [-0.05, 0) is 32.0 Å². The summed E-state index contributed by atoms with van der Waals surface area (Å²) < 4.78 is 12.9. The van der Waals surface area contributed by atoms with Crippen LogP contribution in [0.2, 0.25) is 0 Å². The zero-order valence-corrected chi connectivity index (χ0v) is 10.0. The Hall–Kier alpha value is -2.37. The van der Waals surface area contributed by atoms with Crippen LogP contribution in [0.25, 0.3) is 0 Å². The summed E-state index contributed by atoms with van der Waals surface area (Å²) in [6.07, 6.45) is 0. The zero-order valence-electron chi connectivity index (χ0n) is 10.0. The molecule has 0 aliphatic rings. The van der Waals surface area contributed by atoms with Gasteiger partial charge >= 0.3 is 6.03 Å². The van der Waals surface area contributed by atoms with Gasteiger partial charge in [-0.15, -0.1) is 0 Å². The third-order valence-electron chi connectivity index (χ3n) is 2.45. The van der Waals surface area contributed by atoms with Crippen molar-refractivity contribution in [3.8, 4) is 0 Å². The molecule has 0 radical (unpaired) electrons. The van der Waals surface area contributed by atoms with Crippen LogP contribution >= 0.6 is 0 Å². The number of hydrogen-bond acceptors (Lipinski definition) is 2. The predicted molar refractivity (Wildman–Crippen MR) is 67.1 cm³/mol. The lowest BCUT2D eigenvalue weighted by atomic mass is 10.3. The molecule has 2 aromatic rings. The summed E-state index contributed by atoms with van der Waals surface area (Å²) >= 11 is 0. The summed E-state index contributed by atoms with van der Waals surface area (Å²) in [5.74, 6) is -0.400. The molecule has 0 bridgehead atoms. The number of halogens is 1. The van der Waals surface area contributed by atoms with Gasteiger partial charge in [0.1, 0.15) is 5.82 Å². The standard InChI is InChI=1S/C12H13FN4O/c1-7-11(8(2)17-16-7)15-12(18)14-10-5-3-4-9(13)6-10/h3-6H,1-2H3,(H,16,17)(H2,14,15,18). The molecule has 0 saturated carbocycles. The van der Waals surface area contributed by atoms with Gasteiger partial charge in [-0.3, -0.25) is 5.10 Å². The highest BCUT2D eigenvalue weighted by molar-refractivity contribution is 6.00. The van der Waals surface area contributed by atoms with Gasteiger partial charge in [-0.2, -0.15) is 5.10 Å². The number of carbonyl (C=O) groups is 1. The molecule has 0 aliphatic carbocycles. The number of H-pyrrole nitrogens is 1. The maximum atomic E-state index is 12.9. The fraction of sp³-hybridized carbons (Fsp3) is 0.167. The van der Waals surface area contributed by atoms with E-state index in [1.165, 1.54) is 18.2 Å². The fourth-order valence-corrected chi connectivity index (χ4v) is 1.58. The number of carbonyl (C=O) groups excluding carboxylic acids is 1. The lowest BCUT2D eigenvalue weighted by Crippen LogP contribution is -2.20. The van der Waals surface area contributed by atoms with E-state index in [2.05, 4.69) is 20.8 Å². The Morgan fingerprint density at radius 1 is 1.33 bits per heavy atom. The Morgan fingerprint density at radius 2 is 2.11 bits per heavy atom. The molecule has 1 aromatic carbocycles. The molecule has 5 nitrogen and oxygen atoms in total.